The Hall–Kier alpha value is -1.40. The second kappa shape index (κ2) is 7.24. The number of nitrogens with zero attached hydrogens (tertiary/aromatic N) is 3. The number of hydrogen-bond donors (Lipinski definition) is 1. The summed E-state index contributed by atoms with van der Waals surface area (Å²) in [5.74, 6) is 1.19. The molecule has 2 aliphatic rings. The number of likely N-dealkylation sites (N-methyl/N-ethyl adjacent to an activating group) is 1. The van der Waals surface area contributed by atoms with E-state index in [4.69, 9.17) is 4.74 Å². The first-order valence-corrected chi connectivity index (χ1v) is 8.33. The molecular formula is C16H26N4O2. The number of aromatic nitrogens is 2. The normalized spacial score (nSPS) is 27.0. The summed E-state index contributed by atoms with van der Waals surface area (Å²) in [6.07, 6.45) is 8.84. The molecule has 2 saturated heterocycles. The van der Waals surface area contributed by atoms with Crippen LogP contribution in [0.2, 0.25) is 0 Å². The average Bonchev–Trinajstić information content (AvgIpc) is 3.08. The molecule has 1 N–H and O–H groups in total. The molecule has 1 aromatic rings. The second-order valence-corrected chi connectivity index (χ2v) is 6.34. The van der Waals surface area contributed by atoms with Crippen molar-refractivity contribution in [1.29, 1.82) is 0 Å². The van der Waals surface area contributed by atoms with Gasteiger partial charge in [-0.1, -0.05) is 0 Å². The fourth-order valence-electron chi connectivity index (χ4n) is 3.33. The highest BCUT2D eigenvalue weighted by Gasteiger charge is 2.30. The predicted molar refractivity (Wildman–Crippen MR) is 83.4 cm³/mol. The molecule has 1 amide bonds. The lowest BCUT2D eigenvalue weighted by atomic mass is 10.0. The van der Waals surface area contributed by atoms with E-state index in [1.165, 1.54) is 6.42 Å². The standard InChI is InChI=1S/C16H26N4O2/c1-19-9-10-20(12-14(19)16-17-7-8-18-16)15(21)6-5-13-4-2-3-11-22-13/h7-8,13-14H,2-6,9-12H2,1H3,(H,17,18)/t13-,14+/m0/s1. The highest BCUT2D eigenvalue weighted by atomic mass is 16.5. The number of piperazine rings is 1. The van der Waals surface area contributed by atoms with E-state index < -0.39 is 0 Å². The van der Waals surface area contributed by atoms with Crippen LogP contribution in [-0.2, 0) is 9.53 Å². The number of imidazole rings is 1. The summed E-state index contributed by atoms with van der Waals surface area (Å²) in [4.78, 5) is 24.2. The zero-order valence-electron chi connectivity index (χ0n) is 13.3. The van der Waals surface area contributed by atoms with E-state index in [0.29, 0.717) is 13.0 Å². The van der Waals surface area contributed by atoms with E-state index in [1.807, 2.05) is 11.1 Å². The summed E-state index contributed by atoms with van der Waals surface area (Å²) in [6.45, 7) is 3.26. The number of hydrogen-bond acceptors (Lipinski definition) is 4. The Morgan fingerprint density at radius 1 is 1.45 bits per heavy atom. The van der Waals surface area contributed by atoms with Crippen molar-refractivity contribution >= 4 is 5.91 Å². The zero-order chi connectivity index (χ0) is 15.4. The lowest BCUT2D eigenvalue weighted by Crippen LogP contribution is -2.49. The molecule has 0 saturated carbocycles. The summed E-state index contributed by atoms with van der Waals surface area (Å²) in [5.41, 5.74) is 0. The molecule has 0 aromatic carbocycles. The first-order valence-electron chi connectivity index (χ1n) is 8.33. The van der Waals surface area contributed by atoms with Gasteiger partial charge in [0.2, 0.25) is 5.91 Å². The molecule has 0 radical (unpaired) electrons. The lowest BCUT2D eigenvalue weighted by molar-refractivity contribution is -0.135. The van der Waals surface area contributed by atoms with E-state index in [0.717, 1.165) is 44.8 Å². The number of nitrogens with one attached hydrogen (secondary N) is 1. The van der Waals surface area contributed by atoms with Crippen molar-refractivity contribution in [3.63, 3.8) is 0 Å². The maximum Gasteiger partial charge on any atom is 0.222 e. The fourth-order valence-corrected chi connectivity index (χ4v) is 3.33. The monoisotopic (exact) mass is 306 g/mol. The molecule has 3 rings (SSSR count). The minimum Gasteiger partial charge on any atom is -0.378 e. The molecule has 0 bridgehead atoms. The first kappa shape index (κ1) is 15.5. The third-order valence-corrected chi connectivity index (χ3v) is 4.79. The van der Waals surface area contributed by atoms with Crippen LogP contribution in [0.3, 0.4) is 0 Å². The van der Waals surface area contributed by atoms with E-state index in [9.17, 15) is 4.79 Å². The highest BCUT2D eigenvalue weighted by Crippen LogP contribution is 2.23. The van der Waals surface area contributed by atoms with Gasteiger partial charge in [-0.25, -0.2) is 4.98 Å². The number of H-pyrrole nitrogens is 1. The van der Waals surface area contributed by atoms with Crippen molar-refractivity contribution in [2.45, 2.75) is 44.2 Å². The molecule has 6 heteroatoms. The van der Waals surface area contributed by atoms with Crippen molar-refractivity contribution in [2.75, 3.05) is 33.3 Å². The van der Waals surface area contributed by atoms with Gasteiger partial charge in [-0.2, -0.15) is 0 Å². The summed E-state index contributed by atoms with van der Waals surface area (Å²) in [5, 5.41) is 0. The number of carbonyl (C=O) groups is 1. The van der Waals surface area contributed by atoms with Crippen molar-refractivity contribution in [3.8, 4) is 0 Å². The van der Waals surface area contributed by atoms with Gasteiger partial charge in [-0.05, 0) is 32.7 Å². The van der Waals surface area contributed by atoms with Gasteiger partial charge >= 0.3 is 0 Å². The minimum atomic E-state index is 0.165. The van der Waals surface area contributed by atoms with Crippen LogP contribution in [0.5, 0.6) is 0 Å². The molecule has 1 aromatic heterocycles. The fraction of sp³-hybridized carbons (Fsp3) is 0.750. The van der Waals surface area contributed by atoms with Crippen molar-refractivity contribution in [2.24, 2.45) is 0 Å². The third-order valence-electron chi connectivity index (χ3n) is 4.79. The first-order chi connectivity index (χ1) is 10.7. The molecule has 0 aliphatic carbocycles. The number of amides is 1. The predicted octanol–water partition coefficient (Wildman–Crippen LogP) is 1.57. The highest BCUT2D eigenvalue weighted by molar-refractivity contribution is 5.76. The van der Waals surface area contributed by atoms with Crippen molar-refractivity contribution < 1.29 is 9.53 Å². The molecule has 0 unspecified atom stereocenters. The van der Waals surface area contributed by atoms with E-state index in [-0.39, 0.29) is 18.1 Å². The number of ether oxygens (including phenoxy) is 1. The van der Waals surface area contributed by atoms with Gasteiger partial charge in [0, 0.05) is 45.1 Å². The molecule has 122 valence electrons. The molecular weight excluding hydrogens is 280 g/mol. The topological polar surface area (TPSA) is 61.5 Å². The second-order valence-electron chi connectivity index (χ2n) is 6.34. The third kappa shape index (κ3) is 3.67. The van der Waals surface area contributed by atoms with Crippen LogP contribution in [-0.4, -0.2) is 65.1 Å². The Labute approximate surface area is 131 Å². The SMILES string of the molecule is CN1CCN(C(=O)CC[C@@H]2CCCCO2)C[C@@H]1c1ncc[nH]1. The average molecular weight is 306 g/mol. The lowest BCUT2D eigenvalue weighted by Gasteiger charge is -2.38. The summed E-state index contributed by atoms with van der Waals surface area (Å²) in [6, 6.07) is 0.165. The van der Waals surface area contributed by atoms with Gasteiger partial charge < -0.3 is 14.6 Å². The maximum atomic E-state index is 12.5. The van der Waals surface area contributed by atoms with Gasteiger partial charge in [-0.15, -0.1) is 0 Å². The van der Waals surface area contributed by atoms with E-state index in [1.54, 1.807) is 6.20 Å². The van der Waals surface area contributed by atoms with Crippen LogP contribution in [0, 0.1) is 0 Å². The number of carbonyl (C=O) groups excluding carboxylic acids is 1. The zero-order valence-corrected chi connectivity index (χ0v) is 13.3. The number of aromatic amines is 1. The smallest absolute Gasteiger partial charge is 0.222 e. The van der Waals surface area contributed by atoms with Crippen LogP contribution in [0.4, 0.5) is 0 Å². The quantitative estimate of drug-likeness (QED) is 0.917. The van der Waals surface area contributed by atoms with Crippen LogP contribution in [0.1, 0.15) is 44.0 Å². The van der Waals surface area contributed by atoms with Gasteiger partial charge in [0.1, 0.15) is 5.82 Å². The van der Waals surface area contributed by atoms with Crippen LogP contribution >= 0.6 is 0 Å². The van der Waals surface area contributed by atoms with Crippen molar-refractivity contribution in [3.05, 3.63) is 18.2 Å². The molecule has 22 heavy (non-hydrogen) atoms. The number of rotatable bonds is 4. The van der Waals surface area contributed by atoms with Gasteiger partial charge in [0.05, 0.1) is 12.1 Å². The Morgan fingerprint density at radius 2 is 2.36 bits per heavy atom. The largest absolute Gasteiger partial charge is 0.378 e. The van der Waals surface area contributed by atoms with Crippen molar-refractivity contribution in [1.82, 2.24) is 19.8 Å². The Balaban J connectivity index is 1.51. The minimum absolute atomic E-state index is 0.165. The summed E-state index contributed by atoms with van der Waals surface area (Å²) >= 11 is 0. The summed E-state index contributed by atoms with van der Waals surface area (Å²) in [7, 11) is 2.09. The van der Waals surface area contributed by atoms with E-state index in [2.05, 4.69) is 21.9 Å². The van der Waals surface area contributed by atoms with E-state index >= 15 is 0 Å². The Morgan fingerprint density at radius 3 is 3.09 bits per heavy atom. The molecule has 0 spiro atoms. The Kier molecular flexibility index (Phi) is 5.10. The molecule has 2 aliphatic heterocycles. The van der Waals surface area contributed by atoms with Crippen LogP contribution in [0.15, 0.2) is 12.4 Å². The maximum absolute atomic E-state index is 12.5. The summed E-state index contributed by atoms with van der Waals surface area (Å²) < 4.78 is 5.72. The molecule has 6 nitrogen and oxygen atoms in total. The van der Waals surface area contributed by atoms with Gasteiger partial charge in [-0.3, -0.25) is 9.69 Å². The van der Waals surface area contributed by atoms with Crippen LogP contribution < -0.4 is 0 Å². The Bertz CT molecular complexity index is 471. The molecule has 2 atom stereocenters. The van der Waals surface area contributed by atoms with Gasteiger partial charge in [0.25, 0.3) is 0 Å². The molecule has 2 fully saturated rings. The van der Waals surface area contributed by atoms with Gasteiger partial charge in [0.15, 0.2) is 0 Å². The molecule has 3 heterocycles. The van der Waals surface area contributed by atoms with Crippen LogP contribution in [0.25, 0.3) is 0 Å².